The number of aromatic nitrogens is 5. The zero-order valence-electron chi connectivity index (χ0n) is 24.4. The Hall–Kier alpha value is -3.78. The van der Waals surface area contributed by atoms with Gasteiger partial charge in [-0.3, -0.25) is 14.2 Å². The van der Waals surface area contributed by atoms with E-state index in [0.29, 0.717) is 60.3 Å². The maximum atomic E-state index is 11.6. The molecule has 0 bridgehead atoms. The van der Waals surface area contributed by atoms with Crippen LogP contribution in [0.4, 0.5) is 11.8 Å². The number of likely N-dealkylation sites (tertiary alicyclic amines) is 1. The Kier molecular flexibility index (Phi) is 9.85. The van der Waals surface area contributed by atoms with Gasteiger partial charge in [0.1, 0.15) is 0 Å². The standard InChI is InChI=1S/C28H40N8O6/c1-4-18(5-2)31-25-21-26(33-28(32-25)29-10-13-35-11-8-7-9-12-35)36(15-30-21)27-24(40-17-38)23(39-16-37)22(41-27)20-14-19(6-3)34-42-20/h14-18,22-24,27H,4-13H2,1-3H3,(H2,29,31,32,33)/t22-,23+,24-,27-/m1/s1. The van der Waals surface area contributed by atoms with Crippen LogP contribution >= 0.6 is 0 Å². The minimum atomic E-state index is -1.01. The van der Waals surface area contributed by atoms with Crippen LogP contribution in [0.5, 0.6) is 0 Å². The molecule has 0 unspecified atom stereocenters. The molecular weight excluding hydrogens is 544 g/mol. The van der Waals surface area contributed by atoms with Gasteiger partial charge in [-0.1, -0.05) is 32.3 Å². The molecule has 5 heterocycles. The number of fused-ring (bicyclic) bond motifs is 1. The molecule has 14 heteroatoms. The van der Waals surface area contributed by atoms with Crippen LogP contribution in [0.15, 0.2) is 16.9 Å². The molecule has 0 aromatic carbocycles. The summed E-state index contributed by atoms with van der Waals surface area (Å²) >= 11 is 0. The molecule has 5 rings (SSSR count). The zero-order chi connectivity index (χ0) is 29.5. The number of ether oxygens (including phenoxy) is 3. The van der Waals surface area contributed by atoms with Gasteiger partial charge in [-0.05, 0) is 45.2 Å². The van der Waals surface area contributed by atoms with Crippen LogP contribution in [0.1, 0.15) is 76.7 Å². The summed E-state index contributed by atoms with van der Waals surface area (Å²) in [6, 6.07) is 1.93. The Bertz CT molecular complexity index is 1320. The number of imidazole rings is 1. The van der Waals surface area contributed by atoms with Crippen LogP contribution in [0, 0.1) is 0 Å². The molecule has 42 heavy (non-hydrogen) atoms. The van der Waals surface area contributed by atoms with E-state index in [1.807, 2.05) is 6.92 Å². The van der Waals surface area contributed by atoms with Crippen molar-refractivity contribution in [1.29, 1.82) is 0 Å². The summed E-state index contributed by atoms with van der Waals surface area (Å²) < 4.78 is 24.4. The fourth-order valence-corrected chi connectivity index (χ4v) is 5.62. The van der Waals surface area contributed by atoms with Gasteiger partial charge in [0.2, 0.25) is 5.95 Å². The van der Waals surface area contributed by atoms with Crippen molar-refractivity contribution in [3.8, 4) is 0 Å². The second-order valence-electron chi connectivity index (χ2n) is 10.6. The molecule has 2 fully saturated rings. The largest absolute Gasteiger partial charge is 0.457 e. The fraction of sp³-hybridized carbons (Fsp3) is 0.643. The van der Waals surface area contributed by atoms with Crippen molar-refractivity contribution in [2.24, 2.45) is 0 Å². The molecular formula is C28H40N8O6. The molecule has 0 saturated carbocycles. The highest BCUT2D eigenvalue weighted by Gasteiger charge is 2.51. The molecule has 0 aliphatic carbocycles. The SMILES string of the molecule is CCc1cc([C@H]2O[C@@H](n3cnc4c(NC(CC)CC)nc(NCCN5CCCCC5)nc43)[C@H](OC=O)[C@H]2OC=O)on1. The van der Waals surface area contributed by atoms with Gasteiger partial charge in [0.25, 0.3) is 12.9 Å². The molecule has 4 atom stereocenters. The number of aryl methyl sites for hydroxylation is 1. The third kappa shape index (κ3) is 6.33. The van der Waals surface area contributed by atoms with Gasteiger partial charge in [-0.15, -0.1) is 0 Å². The van der Waals surface area contributed by atoms with Gasteiger partial charge < -0.3 is 34.3 Å². The Morgan fingerprint density at radius 1 is 1.07 bits per heavy atom. The van der Waals surface area contributed by atoms with Crippen molar-refractivity contribution >= 4 is 35.9 Å². The molecule has 3 aromatic rings. The average molecular weight is 585 g/mol. The topological polar surface area (TPSA) is 159 Å². The molecule has 2 N–H and O–H groups in total. The van der Waals surface area contributed by atoms with Gasteiger partial charge in [-0.2, -0.15) is 9.97 Å². The van der Waals surface area contributed by atoms with Crippen molar-refractivity contribution in [2.75, 3.05) is 36.8 Å². The van der Waals surface area contributed by atoms with E-state index < -0.39 is 24.5 Å². The van der Waals surface area contributed by atoms with E-state index in [2.05, 4.69) is 39.5 Å². The van der Waals surface area contributed by atoms with E-state index in [1.54, 1.807) is 17.0 Å². The van der Waals surface area contributed by atoms with E-state index in [1.165, 1.54) is 19.3 Å². The summed E-state index contributed by atoms with van der Waals surface area (Å²) in [6.07, 6.45) is 3.96. The second kappa shape index (κ2) is 13.9. The minimum absolute atomic E-state index is 0.192. The normalized spacial score (nSPS) is 22.9. The number of hydrogen-bond donors (Lipinski definition) is 2. The third-order valence-electron chi connectivity index (χ3n) is 8.02. The molecule has 0 spiro atoms. The summed E-state index contributed by atoms with van der Waals surface area (Å²) in [5.74, 6) is 1.40. The highest BCUT2D eigenvalue weighted by Crippen LogP contribution is 2.43. The third-order valence-corrected chi connectivity index (χ3v) is 8.02. The van der Waals surface area contributed by atoms with Gasteiger partial charge in [-0.25, -0.2) is 4.98 Å². The van der Waals surface area contributed by atoms with Crippen molar-refractivity contribution in [3.05, 3.63) is 23.8 Å². The number of nitrogens with one attached hydrogen (secondary N) is 2. The molecule has 14 nitrogen and oxygen atoms in total. The number of anilines is 2. The second-order valence-corrected chi connectivity index (χ2v) is 10.6. The lowest BCUT2D eigenvalue weighted by Crippen LogP contribution is -2.34. The van der Waals surface area contributed by atoms with Crippen LogP contribution in [0.2, 0.25) is 0 Å². The van der Waals surface area contributed by atoms with Crippen molar-refractivity contribution in [2.45, 2.75) is 89.9 Å². The van der Waals surface area contributed by atoms with E-state index in [0.717, 1.165) is 32.5 Å². The number of carbonyl (C=O) groups is 2. The van der Waals surface area contributed by atoms with E-state index in [4.69, 9.17) is 28.7 Å². The van der Waals surface area contributed by atoms with Crippen LogP contribution in [0.3, 0.4) is 0 Å². The lowest BCUT2D eigenvalue weighted by molar-refractivity contribution is -0.151. The molecule has 228 valence electrons. The lowest BCUT2D eigenvalue weighted by atomic mass is 10.1. The molecule has 0 radical (unpaired) electrons. The first-order valence-corrected chi connectivity index (χ1v) is 14.9. The smallest absolute Gasteiger partial charge is 0.293 e. The number of hydrogen-bond acceptors (Lipinski definition) is 13. The zero-order valence-corrected chi connectivity index (χ0v) is 24.4. The first-order valence-electron chi connectivity index (χ1n) is 14.9. The van der Waals surface area contributed by atoms with Crippen molar-refractivity contribution in [1.82, 2.24) is 29.6 Å². The maximum Gasteiger partial charge on any atom is 0.293 e. The predicted molar refractivity (Wildman–Crippen MR) is 153 cm³/mol. The first kappa shape index (κ1) is 29.7. The monoisotopic (exact) mass is 584 g/mol. The molecule has 2 aliphatic heterocycles. The summed E-state index contributed by atoms with van der Waals surface area (Å²) in [5.41, 5.74) is 1.73. The van der Waals surface area contributed by atoms with Gasteiger partial charge in [0, 0.05) is 25.2 Å². The van der Waals surface area contributed by atoms with Gasteiger partial charge in [0.15, 0.2) is 47.3 Å². The fourth-order valence-electron chi connectivity index (χ4n) is 5.62. The Morgan fingerprint density at radius 3 is 2.52 bits per heavy atom. The Balaban J connectivity index is 1.49. The van der Waals surface area contributed by atoms with Crippen molar-refractivity contribution < 1.29 is 28.3 Å². The van der Waals surface area contributed by atoms with E-state index in [-0.39, 0.29) is 6.04 Å². The quantitative estimate of drug-likeness (QED) is 0.251. The molecule has 2 saturated heterocycles. The van der Waals surface area contributed by atoms with Gasteiger partial charge >= 0.3 is 0 Å². The number of rotatable bonds is 15. The molecule has 0 amide bonds. The number of piperidine rings is 1. The Morgan fingerprint density at radius 2 is 1.83 bits per heavy atom. The Labute approximate surface area is 244 Å². The first-order chi connectivity index (χ1) is 20.6. The van der Waals surface area contributed by atoms with E-state index in [9.17, 15) is 9.59 Å². The molecule has 3 aromatic heterocycles. The summed E-state index contributed by atoms with van der Waals surface area (Å²) in [7, 11) is 0. The highest BCUT2D eigenvalue weighted by molar-refractivity contribution is 5.84. The minimum Gasteiger partial charge on any atom is -0.457 e. The maximum absolute atomic E-state index is 11.6. The number of nitrogens with zero attached hydrogens (tertiary/aromatic N) is 6. The lowest BCUT2D eigenvalue weighted by Gasteiger charge is -2.26. The summed E-state index contributed by atoms with van der Waals surface area (Å²) in [6.45, 7) is 10.6. The highest BCUT2D eigenvalue weighted by atomic mass is 16.6. The van der Waals surface area contributed by atoms with Crippen LogP contribution < -0.4 is 10.6 Å². The number of carbonyl (C=O) groups excluding carboxylic acids is 2. The van der Waals surface area contributed by atoms with E-state index >= 15 is 0 Å². The van der Waals surface area contributed by atoms with Crippen LogP contribution in [0.25, 0.3) is 11.2 Å². The summed E-state index contributed by atoms with van der Waals surface area (Å²) in [4.78, 5) is 39.8. The summed E-state index contributed by atoms with van der Waals surface area (Å²) in [5, 5.41) is 10.9. The van der Waals surface area contributed by atoms with Crippen LogP contribution in [-0.2, 0) is 30.2 Å². The molecule has 2 aliphatic rings. The van der Waals surface area contributed by atoms with Crippen molar-refractivity contribution in [3.63, 3.8) is 0 Å². The predicted octanol–water partition coefficient (Wildman–Crippen LogP) is 3.23. The van der Waals surface area contributed by atoms with Crippen LogP contribution in [-0.4, -0.2) is 86.9 Å². The average Bonchev–Trinajstić information content (AvgIpc) is 3.74. The van der Waals surface area contributed by atoms with Gasteiger partial charge in [0.05, 0.1) is 12.0 Å².